The molecule has 0 spiro atoms. The van der Waals surface area contributed by atoms with E-state index in [0.717, 1.165) is 25.7 Å². The summed E-state index contributed by atoms with van der Waals surface area (Å²) in [5.74, 6) is 0.0547. The van der Waals surface area contributed by atoms with Crippen LogP contribution in [0.4, 0.5) is 5.13 Å². The Balaban J connectivity index is 1.69. The van der Waals surface area contributed by atoms with Gasteiger partial charge in [-0.05, 0) is 18.2 Å². The van der Waals surface area contributed by atoms with Crippen molar-refractivity contribution in [1.82, 2.24) is 4.98 Å². The minimum Gasteiger partial charge on any atom is -0.394 e. The number of nitrogens with zero attached hydrogens (tertiary/aromatic N) is 1. The normalized spacial score (nSPS) is 31.4. The summed E-state index contributed by atoms with van der Waals surface area (Å²) in [6.07, 6.45) is 3.69. The second-order valence-electron chi connectivity index (χ2n) is 6.82. The number of hydrogen-bond donors (Lipinski definition) is 5. The van der Waals surface area contributed by atoms with Crippen LogP contribution >= 0.6 is 24.0 Å². The number of anilines is 1. The number of aromatic nitrogens is 1. The molecular formula is C17H24N2O5S2. The minimum absolute atomic E-state index is 0.0547. The van der Waals surface area contributed by atoms with Crippen LogP contribution in [0.5, 0.6) is 0 Å². The Hall–Kier alpha value is -0.970. The third-order valence-corrected chi connectivity index (χ3v) is 6.18. The van der Waals surface area contributed by atoms with Gasteiger partial charge in [0.25, 0.3) is 0 Å². The van der Waals surface area contributed by atoms with Gasteiger partial charge in [0.1, 0.15) is 18.4 Å². The topological polar surface area (TPSA) is 112 Å². The standard InChI is InChI=1S/C17H24N2O5S2/c20-9-11-14(22)10(21)7-13(24-11)19-16-18-8-12(26-16)15(23)17(5-6-25)3-1-2-4-17/h5-6,8,10-11,13-14,20-22,25H,1-4,7,9H2,(H,18,19)/b6-5-/t10?,11?,13-,14?/m0/s1. The van der Waals surface area contributed by atoms with Crippen LogP contribution in [0.2, 0.25) is 0 Å². The highest BCUT2D eigenvalue weighted by Gasteiger charge is 2.40. The van der Waals surface area contributed by atoms with Gasteiger partial charge >= 0.3 is 0 Å². The first-order chi connectivity index (χ1) is 12.5. The Morgan fingerprint density at radius 3 is 2.85 bits per heavy atom. The molecule has 9 heteroatoms. The molecule has 1 saturated carbocycles. The zero-order valence-electron chi connectivity index (χ0n) is 14.2. The molecule has 7 nitrogen and oxygen atoms in total. The van der Waals surface area contributed by atoms with E-state index in [1.54, 1.807) is 11.6 Å². The van der Waals surface area contributed by atoms with E-state index in [-0.39, 0.29) is 12.2 Å². The van der Waals surface area contributed by atoms with Crippen molar-refractivity contribution in [2.24, 2.45) is 5.41 Å². The number of thiol groups is 1. The average molecular weight is 401 g/mol. The highest BCUT2D eigenvalue weighted by Crippen LogP contribution is 2.43. The van der Waals surface area contributed by atoms with Gasteiger partial charge in [-0.15, -0.1) is 0 Å². The predicted molar refractivity (Wildman–Crippen MR) is 101 cm³/mol. The maximum absolute atomic E-state index is 13.0. The number of Topliss-reactive ketones (excluding diaryl/α,β-unsaturated/α-hetero) is 1. The molecule has 2 heterocycles. The summed E-state index contributed by atoms with van der Waals surface area (Å²) in [7, 11) is 0. The van der Waals surface area contributed by atoms with Crippen LogP contribution in [0.3, 0.4) is 0 Å². The first kappa shape index (κ1) is 19.8. The molecule has 3 rings (SSSR count). The Bertz CT molecular complexity index is 659. The summed E-state index contributed by atoms with van der Waals surface area (Å²) >= 11 is 5.38. The van der Waals surface area contributed by atoms with Gasteiger partial charge in [-0.25, -0.2) is 4.98 Å². The van der Waals surface area contributed by atoms with E-state index in [1.807, 2.05) is 6.08 Å². The maximum atomic E-state index is 13.0. The minimum atomic E-state index is -1.12. The molecule has 4 N–H and O–H groups in total. The number of ether oxygens (including phenoxy) is 1. The SMILES string of the molecule is O=C(c1cnc(N[C@@H]2CC(O)C(O)C(CO)O2)s1)C1(/C=C\S)CCCC1. The predicted octanol–water partition coefficient (Wildman–Crippen LogP) is 1.57. The van der Waals surface area contributed by atoms with Gasteiger partial charge in [-0.2, -0.15) is 12.6 Å². The number of ketones is 1. The first-order valence-corrected chi connectivity index (χ1v) is 10.0. The molecule has 1 aromatic rings. The quantitative estimate of drug-likeness (QED) is 0.364. The lowest BCUT2D eigenvalue weighted by Crippen LogP contribution is -2.51. The van der Waals surface area contributed by atoms with Gasteiger partial charge in [-0.3, -0.25) is 4.79 Å². The Morgan fingerprint density at radius 1 is 1.46 bits per heavy atom. The van der Waals surface area contributed by atoms with Crippen LogP contribution in [0, 0.1) is 5.41 Å². The van der Waals surface area contributed by atoms with E-state index >= 15 is 0 Å². The number of rotatable bonds is 6. The number of aliphatic hydroxyl groups is 3. The molecule has 4 atom stereocenters. The van der Waals surface area contributed by atoms with E-state index in [9.17, 15) is 20.1 Å². The van der Waals surface area contributed by atoms with Crippen LogP contribution in [0.1, 0.15) is 41.8 Å². The van der Waals surface area contributed by atoms with E-state index in [4.69, 9.17) is 4.74 Å². The zero-order chi connectivity index (χ0) is 18.7. The fraction of sp³-hybridized carbons (Fsp3) is 0.647. The third-order valence-electron chi connectivity index (χ3n) is 5.11. The summed E-state index contributed by atoms with van der Waals surface area (Å²) in [5.41, 5.74) is -0.491. The maximum Gasteiger partial charge on any atom is 0.185 e. The highest BCUT2D eigenvalue weighted by atomic mass is 32.1. The summed E-state index contributed by atoms with van der Waals surface area (Å²) in [5, 5.41) is 34.1. The van der Waals surface area contributed by atoms with Crippen molar-refractivity contribution >= 4 is 34.9 Å². The van der Waals surface area contributed by atoms with Crippen LogP contribution in [-0.4, -0.2) is 57.2 Å². The van der Waals surface area contributed by atoms with Crippen LogP contribution < -0.4 is 5.32 Å². The molecule has 0 aromatic carbocycles. The molecule has 1 saturated heterocycles. The average Bonchev–Trinajstić information content (AvgIpc) is 3.28. The number of aliphatic hydroxyl groups excluding tert-OH is 3. The number of allylic oxidation sites excluding steroid dienone is 1. The van der Waals surface area contributed by atoms with Crippen molar-refractivity contribution in [1.29, 1.82) is 0 Å². The fourth-order valence-corrected chi connectivity index (χ4v) is 4.84. The number of carbonyl (C=O) groups excluding carboxylic acids is 1. The van der Waals surface area contributed by atoms with Crippen LogP contribution in [0.15, 0.2) is 17.7 Å². The summed E-state index contributed by atoms with van der Waals surface area (Å²) < 4.78 is 5.54. The second-order valence-corrected chi connectivity index (χ2v) is 8.15. The zero-order valence-corrected chi connectivity index (χ0v) is 16.0. The molecular weight excluding hydrogens is 376 g/mol. The van der Waals surface area contributed by atoms with Crippen molar-refractivity contribution in [3.8, 4) is 0 Å². The summed E-state index contributed by atoms with van der Waals surface area (Å²) in [6, 6.07) is 0. The van der Waals surface area contributed by atoms with Gasteiger partial charge in [0.05, 0.1) is 29.2 Å². The molecule has 26 heavy (non-hydrogen) atoms. The van der Waals surface area contributed by atoms with E-state index in [1.165, 1.54) is 11.3 Å². The molecule has 1 aromatic heterocycles. The largest absolute Gasteiger partial charge is 0.394 e. The number of carbonyl (C=O) groups is 1. The third kappa shape index (κ3) is 3.97. The lowest BCUT2D eigenvalue weighted by molar-refractivity contribution is -0.172. The van der Waals surface area contributed by atoms with Crippen LogP contribution in [-0.2, 0) is 4.74 Å². The van der Waals surface area contributed by atoms with Crippen molar-refractivity contribution in [3.05, 3.63) is 22.6 Å². The molecule has 0 radical (unpaired) electrons. The van der Waals surface area contributed by atoms with Gasteiger partial charge in [0, 0.05) is 6.42 Å². The lowest BCUT2D eigenvalue weighted by Gasteiger charge is -2.36. The lowest BCUT2D eigenvalue weighted by atomic mass is 9.81. The smallest absolute Gasteiger partial charge is 0.185 e. The molecule has 2 aliphatic rings. The Morgan fingerprint density at radius 2 is 2.19 bits per heavy atom. The molecule has 0 bridgehead atoms. The number of hydrogen-bond acceptors (Lipinski definition) is 9. The van der Waals surface area contributed by atoms with Crippen molar-refractivity contribution in [3.63, 3.8) is 0 Å². The van der Waals surface area contributed by atoms with Gasteiger partial charge in [0.2, 0.25) is 0 Å². The summed E-state index contributed by atoms with van der Waals surface area (Å²) in [4.78, 5) is 17.8. The van der Waals surface area contributed by atoms with Crippen molar-refractivity contribution in [2.45, 2.75) is 56.6 Å². The van der Waals surface area contributed by atoms with Gasteiger partial charge in [-0.1, -0.05) is 30.3 Å². The van der Waals surface area contributed by atoms with Gasteiger partial charge in [0.15, 0.2) is 10.9 Å². The molecule has 0 amide bonds. The molecule has 1 aliphatic heterocycles. The summed E-state index contributed by atoms with van der Waals surface area (Å²) in [6.45, 7) is -0.392. The van der Waals surface area contributed by atoms with E-state index in [0.29, 0.717) is 10.0 Å². The highest BCUT2D eigenvalue weighted by molar-refractivity contribution is 7.83. The Labute approximate surface area is 161 Å². The number of thiazole rings is 1. The molecule has 1 aliphatic carbocycles. The van der Waals surface area contributed by atoms with Crippen LogP contribution in [0.25, 0.3) is 0 Å². The first-order valence-electron chi connectivity index (χ1n) is 8.70. The van der Waals surface area contributed by atoms with Crippen molar-refractivity contribution in [2.75, 3.05) is 11.9 Å². The van der Waals surface area contributed by atoms with Crippen molar-refractivity contribution < 1.29 is 24.9 Å². The Kier molecular flexibility index (Phi) is 6.37. The molecule has 144 valence electrons. The van der Waals surface area contributed by atoms with E-state index < -0.39 is 36.6 Å². The second kappa shape index (κ2) is 8.37. The fourth-order valence-electron chi connectivity index (χ4n) is 3.64. The van der Waals surface area contributed by atoms with Gasteiger partial charge < -0.3 is 25.4 Å². The monoisotopic (exact) mass is 400 g/mol. The molecule has 3 unspecified atom stereocenters. The van der Waals surface area contributed by atoms with E-state index in [2.05, 4.69) is 22.9 Å². The number of nitrogens with one attached hydrogen (secondary N) is 1. The molecule has 2 fully saturated rings.